The first kappa shape index (κ1) is 35.1. The van der Waals surface area contributed by atoms with Crippen LogP contribution in [-0.4, -0.2) is 61.3 Å². The molecule has 2 aliphatic rings. The summed E-state index contributed by atoms with van der Waals surface area (Å²) in [5.74, 6) is -1.36. The van der Waals surface area contributed by atoms with Crippen LogP contribution in [0.4, 0.5) is 0 Å². The number of hydrogen-bond acceptors (Lipinski definition) is 7. The Labute approximate surface area is 299 Å². The summed E-state index contributed by atoms with van der Waals surface area (Å²) < 4.78 is 24.0. The van der Waals surface area contributed by atoms with E-state index in [4.69, 9.17) is 53.8 Å². The fourth-order valence-electron chi connectivity index (χ4n) is 6.09. The molecular formula is C38H34Cl3NO7. The van der Waals surface area contributed by atoms with Crippen LogP contribution in [0, 0.1) is 6.92 Å². The van der Waals surface area contributed by atoms with Crippen LogP contribution in [0.25, 0.3) is 0 Å². The van der Waals surface area contributed by atoms with E-state index in [2.05, 4.69) is 5.32 Å². The lowest BCUT2D eigenvalue weighted by atomic mass is 9.99. The molecule has 49 heavy (non-hydrogen) atoms. The summed E-state index contributed by atoms with van der Waals surface area (Å²) in [6.07, 6.45) is -1.70. The topological polar surface area (TPSA) is 100 Å². The molecule has 0 aliphatic carbocycles. The fourth-order valence-corrected chi connectivity index (χ4v) is 7.01. The molecule has 8 nitrogen and oxygen atoms in total. The van der Waals surface area contributed by atoms with E-state index in [0.717, 1.165) is 16.7 Å². The number of Topliss-reactive ketones (excluding diaryl/α,β-unsaturated/α-hetero) is 1. The minimum Gasteiger partial charge on any atom is -0.455 e. The molecule has 5 atom stereocenters. The number of halogens is 3. The molecule has 0 spiro atoms. The highest BCUT2D eigenvalue weighted by molar-refractivity contribution is 6.39. The quantitative estimate of drug-likeness (QED) is 0.124. The number of ether oxygens (including phenoxy) is 4. The molecule has 2 fully saturated rings. The van der Waals surface area contributed by atoms with Gasteiger partial charge in [0.05, 0.1) is 46.0 Å². The number of ketones is 1. The lowest BCUT2D eigenvalue weighted by Gasteiger charge is -2.23. The summed E-state index contributed by atoms with van der Waals surface area (Å²) >= 11 is 18.8. The van der Waals surface area contributed by atoms with Crippen molar-refractivity contribution in [3.05, 3.63) is 139 Å². The number of amides is 1. The minimum absolute atomic E-state index is 0.0814. The normalized spacial score (nSPS) is 20.4. The van der Waals surface area contributed by atoms with E-state index in [1.165, 1.54) is 0 Å². The van der Waals surface area contributed by atoms with Gasteiger partial charge in [0.15, 0.2) is 11.9 Å². The van der Waals surface area contributed by atoms with Gasteiger partial charge in [0, 0.05) is 12.8 Å². The van der Waals surface area contributed by atoms with Gasteiger partial charge in [0.1, 0.15) is 24.4 Å². The molecule has 11 heteroatoms. The molecule has 0 bridgehead atoms. The van der Waals surface area contributed by atoms with Crippen molar-refractivity contribution in [3.63, 3.8) is 0 Å². The van der Waals surface area contributed by atoms with Crippen molar-refractivity contribution >= 4 is 52.5 Å². The molecule has 0 aromatic heterocycles. The van der Waals surface area contributed by atoms with E-state index >= 15 is 0 Å². The molecule has 4 aromatic carbocycles. The molecule has 254 valence electrons. The number of hydrogen-bond donors (Lipinski definition) is 1. The number of nitrogens with one attached hydrogen (secondary N) is 1. The van der Waals surface area contributed by atoms with Crippen molar-refractivity contribution in [2.24, 2.45) is 0 Å². The van der Waals surface area contributed by atoms with Gasteiger partial charge in [-0.25, -0.2) is 4.79 Å². The predicted molar refractivity (Wildman–Crippen MR) is 186 cm³/mol. The number of esters is 1. The van der Waals surface area contributed by atoms with E-state index in [9.17, 15) is 14.4 Å². The Hall–Kier alpha value is -3.76. The average molecular weight is 723 g/mol. The zero-order chi connectivity index (χ0) is 34.5. The summed E-state index contributed by atoms with van der Waals surface area (Å²) in [6.45, 7) is 2.62. The van der Waals surface area contributed by atoms with E-state index in [-0.39, 0.29) is 57.5 Å². The summed E-state index contributed by atoms with van der Waals surface area (Å²) in [6, 6.07) is 26.0. The van der Waals surface area contributed by atoms with Gasteiger partial charge < -0.3 is 24.3 Å². The second-order valence-corrected chi connectivity index (χ2v) is 13.3. The maximum absolute atomic E-state index is 13.8. The highest BCUT2D eigenvalue weighted by Gasteiger charge is 2.50. The van der Waals surface area contributed by atoms with Crippen LogP contribution in [0.5, 0.6) is 0 Å². The van der Waals surface area contributed by atoms with Gasteiger partial charge >= 0.3 is 5.97 Å². The smallest absolute Gasteiger partial charge is 0.329 e. The molecule has 2 heterocycles. The van der Waals surface area contributed by atoms with Crippen LogP contribution in [0.2, 0.25) is 15.1 Å². The van der Waals surface area contributed by atoms with E-state index in [1.807, 2.05) is 30.3 Å². The van der Waals surface area contributed by atoms with Crippen LogP contribution in [0.3, 0.4) is 0 Å². The summed E-state index contributed by atoms with van der Waals surface area (Å²) in [7, 11) is 0. The largest absolute Gasteiger partial charge is 0.455 e. The maximum atomic E-state index is 13.8. The Kier molecular flexibility index (Phi) is 11.3. The highest BCUT2D eigenvalue weighted by Crippen LogP contribution is 2.32. The van der Waals surface area contributed by atoms with E-state index < -0.39 is 36.2 Å². The van der Waals surface area contributed by atoms with Crippen molar-refractivity contribution in [3.8, 4) is 0 Å². The lowest BCUT2D eigenvalue weighted by Crippen LogP contribution is -2.46. The molecule has 4 aromatic rings. The van der Waals surface area contributed by atoms with E-state index in [0.29, 0.717) is 18.8 Å². The number of carbonyl (C=O) groups excluding carboxylic acids is 3. The lowest BCUT2D eigenvalue weighted by molar-refractivity contribution is -0.156. The first-order valence-corrected chi connectivity index (χ1v) is 17.0. The van der Waals surface area contributed by atoms with Gasteiger partial charge in [-0.2, -0.15) is 0 Å². The Balaban J connectivity index is 1.14. The Morgan fingerprint density at radius 2 is 1.33 bits per heavy atom. The Morgan fingerprint density at radius 1 is 0.735 bits per heavy atom. The maximum Gasteiger partial charge on any atom is 0.329 e. The zero-order valence-electron chi connectivity index (χ0n) is 26.6. The fraction of sp³-hybridized carbons (Fsp3) is 0.289. The van der Waals surface area contributed by atoms with Crippen molar-refractivity contribution in [1.29, 1.82) is 0 Å². The SMILES string of the molecule is Cc1cccc(Cl)c1C(=O)NC(Cc1ccc(CC(=O)c2c(Cl)cccc2Cl)cc1)C(=O)OC1CO[C@@H]2[C@@H](OCc3ccccc3)CO[C@H]12. The van der Waals surface area contributed by atoms with Crippen molar-refractivity contribution in [2.75, 3.05) is 13.2 Å². The first-order valence-electron chi connectivity index (χ1n) is 15.9. The van der Waals surface area contributed by atoms with Gasteiger partial charge in [0.2, 0.25) is 0 Å². The average Bonchev–Trinajstić information content (AvgIpc) is 3.67. The molecule has 2 unspecified atom stereocenters. The molecule has 6 rings (SSSR count). The number of aryl methyl sites for hydroxylation is 1. The molecule has 1 N–H and O–H groups in total. The summed E-state index contributed by atoms with van der Waals surface area (Å²) in [5.41, 5.74) is 3.71. The molecule has 0 radical (unpaired) electrons. The van der Waals surface area contributed by atoms with Crippen LogP contribution < -0.4 is 5.32 Å². The second kappa shape index (κ2) is 15.9. The van der Waals surface area contributed by atoms with Gasteiger partial charge in [-0.3, -0.25) is 9.59 Å². The molecule has 1 amide bonds. The van der Waals surface area contributed by atoms with Gasteiger partial charge in [-0.15, -0.1) is 0 Å². The third-order valence-corrected chi connectivity index (χ3v) is 9.59. The van der Waals surface area contributed by atoms with Crippen molar-refractivity contribution in [2.45, 2.75) is 56.8 Å². The number of carbonyl (C=O) groups is 3. The third-order valence-electron chi connectivity index (χ3n) is 8.64. The zero-order valence-corrected chi connectivity index (χ0v) is 28.8. The van der Waals surface area contributed by atoms with Crippen LogP contribution >= 0.6 is 34.8 Å². The molecule has 2 saturated heterocycles. The van der Waals surface area contributed by atoms with Crippen molar-refractivity contribution < 1.29 is 33.3 Å². The molecule has 0 saturated carbocycles. The standard InChI is InChI=1S/C38H34Cl3NO7/c1-22-7-5-10-26(39)33(22)37(44)42-29(17-23-13-15-24(16-14-23)18-30(43)34-27(40)11-6-12-28(34)41)38(45)49-32-21-48-35-31(20-47-36(32)35)46-19-25-8-3-2-4-9-25/h2-16,29,31-32,35-36H,17-21H2,1H3,(H,42,44)/t29?,31-,32?,35+,36+/m0/s1. The highest BCUT2D eigenvalue weighted by atomic mass is 35.5. The second-order valence-electron chi connectivity index (χ2n) is 12.1. The van der Waals surface area contributed by atoms with Crippen LogP contribution in [0.15, 0.2) is 91.0 Å². The summed E-state index contributed by atoms with van der Waals surface area (Å²) in [5, 5.41) is 3.68. The first-order chi connectivity index (χ1) is 23.7. The minimum atomic E-state index is -1.07. The van der Waals surface area contributed by atoms with Gasteiger partial charge in [0.25, 0.3) is 5.91 Å². The monoisotopic (exact) mass is 721 g/mol. The van der Waals surface area contributed by atoms with Gasteiger partial charge in [-0.05, 0) is 47.4 Å². The van der Waals surface area contributed by atoms with Crippen molar-refractivity contribution in [1.82, 2.24) is 5.32 Å². The number of benzene rings is 4. The predicted octanol–water partition coefficient (Wildman–Crippen LogP) is 7.02. The summed E-state index contributed by atoms with van der Waals surface area (Å²) in [4.78, 5) is 40.2. The Morgan fingerprint density at radius 3 is 2.00 bits per heavy atom. The van der Waals surface area contributed by atoms with E-state index in [1.54, 1.807) is 67.6 Å². The number of fused-ring (bicyclic) bond motifs is 1. The Bertz CT molecular complexity index is 1780. The van der Waals surface area contributed by atoms with Crippen LogP contribution in [-0.2, 0) is 43.2 Å². The third kappa shape index (κ3) is 8.35. The number of rotatable bonds is 12. The molecule has 2 aliphatic heterocycles. The molecular weight excluding hydrogens is 689 g/mol. The van der Waals surface area contributed by atoms with Crippen LogP contribution in [0.1, 0.15) is 43.0 Å². The van der Waals surface area contributed by atoms with Gasteiger partial charge in [-0.1, -0.05) is 108 Å².